The van der Waals surface area contributed by atoms with E-state index in [1.807, 2.05) is 30.6 Å². The zero-order chi connectivity index (χ0) is 11.7. The normalized spacial score (nSPS) is 17.4. The quantitative estimate of drug-likeness (QED) is 0.799. The first-order valence-corrected chi connectivity index (χ1v) is 6.37. The molecule has 0 amide bonds. The van der Waals surface area contributed by atoms with Gasteiger partial charge in [-0.25, -0.2) is 4.98 Å². The van der Waals surface area contributed by atoms with E-state index in [0.29, 0.717) is 11.5 Å². The van der Waals surface area contributed by atoms with Gasteiger partial charge in [-0.1, -0.05) is 31.4 Å². The van der Waals surface area contributed by atoms with Crippen LogP contribution in [-0.2, 0) is 0 Å². The zero-order valence-electron chi connectivity index (χ0n) is 9.89. The molecule has 1 saturated carbocycles. The lowest BCUT2D eigenvalue weighted by Crippen LogP contribution is -2.26. The average Bonchev–Trinajstić information content (AvgIpc) is 2.40. The molecule has 2 aromatic rings. The van der Waals surface area contributed by atoms with Gasteiger partial charge in [0, 0.05) is 11.4 Å². The third kappa shape index (κ3) is 1.86. The minimum Gasteiger partial charge on any atom is -0.314 e. The van der Waals surface area contributed by atoms with Gasteiger partial charge in [0.25, 0.3) is 0 Å². The van der Waals surface area contributed by atoms with Crippen molar-refractivity contribution < 1.29 is 0 Å². The predicted molar refractivity (Wildman–Crippen MR) is 67.7 cm³/mol. The molecule has 0 saturated heterocycles. The van der Waals surface area contributed by atoms with Gasteiger partial charge in [0.2, 0.25) is 0 Å². The van der Waals surface area contributed by atoms with Crippen molar-refractivity contribution in [2.24, 2.45) is 0 Å². The fourth-order valence-electron chi connectivity index (χ4n) is 2.74. The van der Waals surface area contributed by atoms with Crippen LogP contribution in [0.5, 0.6) is 0 Å². The van der Waals surface area contributed by atoms with Gasteiger partial charge in [0.1, 0.15) is 5.49 Å². The molecule has 1 heterocycles. The molecule has 0 bridgehead atoms. The van der Waals surface area contributed by atoms with Crippen molar-refractivity contribution in [1.29, 1.82) is 5.41 Å². The summed E-state index contributed by atoms with van der Waals surface area (Å²) in [6, 6.07) is 8.39. The molecule has 0 aliphatic heterocycles. The Bertz CT molecular complexity index is 579. The Morgan fingerprint density at radius 2 is 1.88 bits per heavy atom. The number of aromatic nitrogens is 2. The molecule has 0 radical (unpaired) electrons. The van der Waals surface area contributed by atoms with Crippen LogP contribution in [0.4, 0.5) is 0 Å². The summed E-state index contributed by atoms with van der Waals surface area (Å²) in [4.78, 5) is 4.46. The highest BCUT2D eigenvalue weighted by Crippen LogP contribution is 2.26. The van der Waals surface area contributed by atoms with Gasteiger partial charge in [-0.2, -0.15) is 0 Å². The maximum Gasteiger partial charge on any atom is 0.135 e. The molecule has 3 heteroatoms. The number of nitrogens with one attached hydrogen (secondary N) is 1. The molecule has 1 aromatic carbocycles. The summed E-state index contributed by atoms with van der Waals surface area (Å²) in [6.07, 6.45) is 8.13. The third-order valence-corrected chi connectivity index (χ3v) is 3.71. The topological polar surface area (TPSA) is 41.7 Å². The second-order valence-electron chi connectivity index (χ2n) is 4.81. The smallest absolute Gasteiger partial charge is 0.135 e. The Kier molecular flexibility index (Phi) is 2.67. The molecule has 3 nitrogen and oxygen atoms in total. The van der Waals surface area contributed by atoms with Crippen LogP contribution in [0.1, 0.15) is 38.1 Å². The number of benzene rings is 1. The molecule has 1 aromatic heterocycles. The highest BCUT2D eigenvalue weighted by Gasteiger charge is 2.15. The zero-order valence-corrected chi connectivity index (χ0v) is 9.89. The van der Waals surface area contributed by atoms with E-state index in [1.54, 1.807) is 0 Å². The number of hydrogen-bond acceptors (Lipinski definition) is 2. The largest absolute Gasteiger partial charge is 0.314 e. The SMILES string of the molecule is N=c1c2ccccc2ncn1C1CCCCC1. The first kappa shape index (κ1) is 10.5. The fraction of sp³-hybridized carbons (Fsp3) is 0.429. The molecule has 0 atom stereocenters. The Balaban J connectivity index is 2.11. The van der Waals surface area contributed by atoms with Crippen molar-refractivity contribution in [1.82, 2.24) is 9.55 Å². The maximum atomic E-state index is 8.30. The van der Waals surface area contributed by atoms with E-state index < -0.39 is 0 Å². The van der Waals surface area contributed by atoms with Crippen LogP contribution in [-0.4, -0.2) is 9.55 Å². The van der Waals surface area contributed by atoms with Crippen LogP contribution in [0.3, 0.4) is 0 Å². The highest BCUT2D eigenvalue weighted by atomic mass is 15.1. The van der Waals surface area contributed by atoms with Crippen molar-refractivity contribution >= 4 is 10.9 Å². The lowest BCUT2D eigenvalue weighted by atomic mass is 9.95. The van der Waals surface area contributed by atoms with E-state index in [0.717, 1.165) is 10.9 Å². The molecule has 1 N–H and O–H groups in total. The van der Waals surface area contributed by atoms with Gasteiger partial charge >= 0.3 is 0 Å². The van der Waals surface area contributed by atoms with Crippen LogP contribution in [0.2, 0.25) is 0 Å². The van der Waals surface area contributed by atoms with Crippen molar-refractivity contribution in [3.8, 4) is 0 Å². The third-order valence-electron chi connectivity index (χ3n) is 3.71. The van der Waals surface area contributed by atoms with Crippen molar-refractivity contribution in [2.45, 2.75) is 38.1 Å². The average molecular weight is 227 g/mol. The van der Waals surface area contributed by atoms with Gasteiger partial charge < -0.3 is 4.57 Å². The summed E-state index contributed by atoms with van der Waals surface area (Å²) in [6.45, 7) is 0. The Hall–Kier alpha value is -1.64. The maximum absolute atomic E-state index is 8.30. The fourth-order valence-corrected chi connectivity index (χ4v) is 2.74. The van der Waals surface area contributed by atoms with Gasteiger partial charge in [0.15, 0.2) is 0 Å². The van der Waals surface area contributed by atoms with E-state index in [1.165, 1.54) is 32.1 Å². The van der Waals surface area contributed by atoms with E-state index in [4.69, 9.17) is 5.41 Å². The van der Waals surface area contributed by atoms with E-state index >= 15 is 0 Å². The molecular formula is C14H17N3. The molecule has 3 rings (SSSR count). The van der Waals surface area contributed by atoms with Gasteiger partial charge in [-0.15, -0.1) is 0 Å². The van der Waals surface area contributed by atoms with Crippen molar-refractivity contribution in [3.05, 3.63) is 36.1 Å². The van der Waals surface area contributed by atoms with Gasteiger partial charge in [0.05, 0.1) is 11.8 Å². The molecule has 1 fully saturated rings. The summed E-state index contributed by atoms with van der Waals surface area (Å²) in [5.41, 5.74) is 1.53. The minimum atomic E-state index is 0.480. The van der Waals surface area contributed by atoms with E-state index in [-0.39, 0.29) is 0 Å². The summed E-state index contributed by atoms with van der Waals surface area (Å²) in [5, 5.41) is 9.26. The van der Waals surface area contributed by atoms with E-state index in [9.17, 15) is 0 Å². The number of hydrogen-bond donors (Lipinski definition) is 1. The summed E-state index contributed by atoms with van der Waals surface area (Å²) < 4.78 is 2.06. The molecule has 1 aliphatic carbocycles. The Morgan fingerprint density at radius 3 is 2.71 bits per heavy atom. The lowest BCUT2D eigenvalue weighted by molar-refractivity contribution is 0.342. The van der Waals surface area contributed by atoms with E-state index in [2.05, 4.69) is 9.55 Å². The standard InChI is InChI=1S/C14H17N3/c15-14-12-8-4-5-9-13(12)16-10-17(14)11-6-2-1-3-7-11/h4-5,8-11,15H,1-3,6-7H2. The second kappa shape index (κ2) is 4.32. The number of nitrogens with zero attached hydrogens (tertiary/aromatic N) is 2. The number of para-hydroxylation sites is 1. The van der Waals surface area contributed by atoms with Gasteiger partial charge in [-0.3, -0.25) is 5.41 Å². The monoisotopic (exact) mass is 227 g/mol. The minimum absolute atomic E-state index is 0.480. The second-order valence-corrected chi connectivity index (χ2v) is 4.81. The first-order valence-electron chi connectivity index (χ1n) is 6.37. The van der Waals surface area contributed by atoms with Crippen LogP contribution in [0.25, 0.3) is 10.9 Å². The van der Waals surface area contributed by atoms with Gasteiger partial charge in [-0.05, 0) is 25.0 Å². The Labute approximate surface area is 101 Å². The molecule has 0 spiro atoms. The summed E-state index contributed by atoms with van der Waals surface area (Å²) in [5.74, 6) is 0. The number of fused-ring (bicyclic) bond motifs is 1. The molecule has 1 aliphatic rings. The molecule has 17 heavy (non-hydrogen) atoms. The van der Waals surface area contributed by atoms with Crippen LogP contribution in [0.15, 0.2) is 30.6 Å². The summed E-state index contributed by atoms with van der Waals surface area (Å²) >= 11 is 0. The first-order chi connectivity index (χ1) is 8.36. The van der Waals surface area contributed by atoms with Crippen molar-refractivity contribution in [2.75, 3.05) is 0 Å². The predicted octanol–water partition coefficient (Wildman–Crippen LogP) is 3.02. The van der Waals surface area contributed by atoms with Crippen LogP contribution < -0.4 is 5.49 Å². The lowest BCUT2D eigenvalue weighted by Gasteiger charge is -2.24. The Morgan fingerprint density at radius 1 is 1.12 bits per heavy atom. The number of rotatable bonds is 1. The summed E-state index contributed by atoms with van der Waals surface area (Å²) in [7, 11) is 0. The van der Waals surface area contributed by atoms with Crippen molar-refractivity contribution in [3.63, 3.8) is 0 Å². The van der Waals surface area contributed by atoms with Crippen LogP contribution in [0, 0.1) is 5.41 Å². The van der Waals surface area contributed by atoms with Crippen LogP contribution >= 0.6 is 0 Å². The molecular weight excluding hydrogens is 210 g/mol. The molecule has 88 valence electrons. The molecule has 0 unspecified atom stereocenters. The highest BCUT2D eigenvalue weighted by molar-refractivity contribution is 5.76.